The average molecular weight is 394 g/mol. The van der Waals surface area contributed by atoms with Crippen LogP contribution in [-0.2, 0) is 6.54 Å². The Morgan fingerprint density at radius 3 is 2.14 bits per heavy atom. The summed E-state index contributed by atoms with van der Waals surface area (Å²) in [4.78, 5) is 25.9. The van der Waals surface area contributed by atoms with Gasteiger partial charge in [0.05, 0.1) is 25.2 Å². The van der Waals surface area contributed by atoms with E-state index in [-0.39, 0.29) is 11.5 Å². The molecule has 152 valence electrons. The lowest BCUT2D eigenvalue weighted by molar-refractivity contribution is 0.102. The van der Waals surface area contributed by atoms with Crippen molar-refractivity contribution >= 4 is 22.4 Å². The van der Waals surface area contributed by atoms with Gasteiger partial charge in [-0.05, 0) is 42.7 Å². The Balaban J connectivity index is 2.10. The normalized spacial score (nSPS) is 11.0. The molecule has 0 saturated heterocycles. The largest absolute Gasteiger partial charge is 0.493 e. The van der Waals surface area contributed by atoms with Crippen molar-refractivity contribution in [2.75, 3.05) is 19.5 Å². The van der Waals surface area contributed by atoms with E-state index in [9.17, 15) is 9.59 Å². The van der Waals surface area contributed by atoms with E-state index in [0.717, 1.165) is 0 Å². The number of anilines is 1. The first-order valence-electron chi connectivity index (χ1n) is 9.60. The highest BCUT2D eigenvalue weighted by Gasteiger charge is 2.18. The van der Waals surface area contributed by atoms with Crippen LogP contribution in [0.1, 0.15) is 42.6 Å². The molecule has 0 aliphatic carbocycles. The van der Waals surface area contributed by atoms with Crippen LogP contribution in [0.25, 0.3) is 10.8 Å². The minimum absolute atomic E-state index is 0.179. The molecule has 0 saturated carbocycles. The summed E-state index contributed by atoms with van der Waals surface area (Å²) in [5.74, 6) is 1.03. The van der Waals surface area contributed by atoms with Crippen LogP contribution in [0.5, 0.6) is 11.5 Å². The lowest BCUT2D eigenvalue weighted by Crippen LogP contribution is -2.23. The first-order valence-corrected chi connectivity index (χ1v) is 9.60. The number of methoxy groups -OCH3 is 2. The van der Waals surface area contributed by atoms with Gasteiger partial charge in [-0.3, -0.25) is 9.59 Å². The summed E-state index contributed by atoms with van der Waals surface area (Å²) in [5, 5.41) is 3.86. The van der Waals surface area contributed by atoms with Crippen LogP contribution in [0.3, 0.4) is 0 Å². The Morgan fingerprint density at radius 1 is 1.03 bits per heavy atom. The molecule has 0 aliphatic rings. The van der Waals surface area contributed by atoms with Gasteiger partial charge in [-0.15, -0.1) is 0 Å². The molecule has 0 unspecified atom stereocenters. The molecule has 6 heteroatoms. The van der Waals surface area contributed by atoms with Crippen molar-refractivity contribution in [1.82, 2.24) is 4.57 Å². The molecule has 3 rings (SSSR count). The highest BCUT2D eigenvalue weighted by atomic mass is 16.5. The topological polar surface area (TPSA) is 69.6 Å². The van der Waals surface area contributed by atoms with Crippen LogP contribution in [0.2, 0.25) is 0 Å². The summed E-state index contributed by atoms with van der Waals surface area (Å²) in [6.45, 7) is 6.55. The first kappa shape index (κ1) is 20.5. The number of hydrogen-bond donors (Lipinski definition) is 1. The summed E-state index contributed by atoms with van der Waals surface area (Å²) < 4.78 is 12.2. The predicted octanol–water partition coefficient (Wildman–Crippen LogP) is 4.41. The van der Waals surface area contributed by atoms with Gasteiger partial charge in [0, 0.05) is 23.8 Å². The van der Waals surface area contributed by atoms with Crippen LogP contribution in [0.4, 0.5) is 5.69 Å². The monoisotopic (exact) mass is 394 g/mol. The van der Waals surface area contributed by atoms with E-state index < -0.39 is 0 Å². The maximum absolute atomic E-state index is 13.1. The van der Waals surface area contributed by atoms with Crippen molar-refractivity contribution in [3.05, 3.63) is 64.1 Å². The Bertz CT molecular complexity index is 1100. The minimum Gasteiger partial charge on any atom is -0.493 e. The molecular weight excluding hydrogens is 368 g/mol. The Kier molecular flexibility index (Phi) is 5.92. The van der Waals surface area contributed by atoms with Crippen LogP contribution in [0.15, 0.2) is 47.4 Å². The SMILES string of the molecule is CCn1cc(C(=O)Nc2ccc(C(C)C)cc2)c2cc(OC)c(OC)cc2c1=O. The number of pyridine rings is 1. The van der Waals surface area contributed by atoms with Crippen molar-refractivity contribution in [2.45, 2.75) is 33.2 Å². The van der Waals surface area contributed by atoms with Gasteiger partial charge < -0.3 is 19.4 Å². The molecule has 1 amide bonds. The molecule has 3 aromatic rings. The molecule has 0 atom stereocenters. The lowest BCUT2D eigenvalue weighted by atomic mass is 10.0. The van der Waals surface area contributed by atoms with Crippen LogP contribution >= 0.6 is 0 Å². The Hall–Kier alpha value is -3.28. The van der Waals surface area contributed by atoms with Crippen molar-refractivity contribution < 1.29 is 14.3 Å². The molecule has 1 heterocycles. The maximum Gasteiger partial charge on any atom is 0.258 e. The standard InChI is InChI=1S/C23H26N2O4/c1-6-25-13-19(22(26)24-16-9-7-15(8-10-16)14(2)3)17-11-20(28-4)21(29-5)12-18(17)23(25)27/h7-14H,6H2,1-5H3,(H,24,26). The number of rotatable bonds is 6. The second kappa shape index (κ2) is 8.39. The molecule has 0 fully saturated rings. The smallest absolute Gasteiger partial charge is 0.258 e. The fraction of sp³-hybridized carbons (Fsp3) is 0.304. The fourth-order valence-electron chi connectivity index (χ4n) is 3.28. The van der Waals surface area contributed by atoms with Gasteiger partial charge >= 0.3 is 0 Å². The van der Waals surface area contributed by atoms with Crippen molar-refractivity contribution in [2.24, 2.45) is 0 Å². The highest BCUT2D eigenvalue weighted by Crippen LogP contribution is 2.32. The number of nitrogens with zero attached hydrogens (tertiary/aromatic N) is 1. The number of ether oxygens (including phenoxy) is 2. The number of fused-ring (bicyclic) bond motifs is 1. The van der Waals surface area contributed by atoms with Crippen LogP contribution in [0, 0.1) is 0 Å². The number of nitrogens with one attached hydrogen (secondary N) is 1. The number of benzene rings is 2. The van der Waals surface area contributed by atoms with E-state index in [0.29, 0.717) is 46.0 Å². The zero-order valence-corrected chi connectivity index (χ0v) is 17.4. The number of amides is 1. The number of aryl methyl sites for hydroxylation is 1. The first-order chi connectivity index (χ1) is 13.9. The molecule has 0 radical (unpaired) electrons. The number of hydrogen-bond acceptors (Lipinski definition) is 4. The minimum atomic E-state index is -0.290. The Labute approximate surface area is 170 Å². The van der Waals surface area contributed by atoms with Gasteiger partial charge in [0.2, 0.25) is 0 Å². The second-order valence-electron chi connectivity index (χ2n) is 7.12. The predicted molar refractivity (Wildman–Crippen MR) is 115 cm³/mol. The van der Waals surface area contributed by atoms with Gasteiger partial charge in [0.25, 0.3) is 11.5 Å². The molecular formula is C23H26N2O4. The summed E-state index contributed by atoms with van der Waals surface area (Å²) >= 11 is 0. The number of aromatic nitrogens is 1. The molecule has 1 aromatic heterocycles. The van der Waals surface area contributed by atoms with E-state index >= 15 is 0 Å². The molecule has 6 nitrogen and oxygen atoms in total. The van der Waals surface area contributed by atoms with E-state index in [2.05, 4.69) is 19.2 Å². The van der Waals surface area contributed by atoms with E-state index in [4.69, 9.17) is 9.47 Å². The summed E-state index contributed by atoms with van der Waals surface area (Å²) in [7, 11) is 3.03. The van der Waals surface area contributed by atoms with Gasteiger partial charge in [-0.25, -0.2) is 0 Å². The zero-order chi connectivity index (χ0) is 21.1. The lowest BCUT2D eigenvalue weighted by Gasteiger charge is -2.14. The Morgan fingerprint density at radius 2 is 1.62 bits per heavy atom. The summed E-state index contributed by atoms with van der Waals surface area (Å²) in [5.41, 5.74) is 2.11. The molecule has 2 aromatic carbocycles. The molecule has 0 spiro atoms. The molecule has 0 aliphatic heterocycles. The average Bonchev–Trinajstić information content (AvgIpc) is 2.73. The van der Waals surface area contributed by atoms with Gasteiger partial charge in [-0.2, -0.15) is 0 Å². The number of carbonyl (C=O) groups excluding carboxylic acids is 1. The summed E-state index contributed by atoms with van der Waals surface area (Å²) in [6.07, 6.45) is 1.59. The van der Waals surface area contributed by atoms with Gasteiger partial charge in [0.15, 0.2) is 11.5 Å². The van der Waals surface area contributed by atoms with Crippen LogP contribution < -0.4 is 20.3 Å². The van der Waals surface area contributed by atoms with Crippen molar-refractivity contribution in [3.8, 4) is 11.5 Å². The molecule has 1 N–H and O–H groups in total. The van der Waals surface area contributed by atoms with Crippen LogP contribution in [-0.4, -0.2) is 24.7 Å². The highest BCUT2D eigenvalue weighted by molar-refractivity contribution is 6.13. The van der Waals surface area contributed by atoms with E-state index in [1.165, 1.54) is 24.4 Å². The molecule has 29 heavy (non-hydrogen) atoms. The summed E-state index contributed by atoms with van der Waals surface area (Å²) in [6, 6.07) is 11.1. The van der Waals surface area contributed by atoms with Crippen molar-refractivity contribution in [1.29, 1.82) is 0 Å². The van der Waals surface area contributed by atoms with Crippen molar-refractivity contribution in [3.63, 3.8) is 0 Å². The third-order valence-corrected chi connectivity index (χ3v) is 5.01. The third-order valence-electron chi connectivity index (χ3n) is 5.01. The fourth-order valence-corrected chi connectivity index (χ4v) is 3.28. The van der Waals surface area contributed by atoms with E-state index in [1.54, 1.807) is 18.3 Å². The zero-order valence-electron chi connectivity index (χ0n) is 17.4. The number of carbonyl (C=O) groups is 1. The van der Waals surface area contributed by atoms with Gasteiger partial charge in [0.1, 0.15) is 0 Å². The van der Waals surface area contributed by atoms with E-state index in [1.807, 2.05) is 31.2 Å². The van der Waals surface area contributed by atoms with Gasteiger partial charge in [-0.1, -0.05) is 26.0 Å². The maximum atomic E-state index is 13.1. The quantitative estimate of drug-likeness (QED) is 0.672. The third kappa shape index (κ3) is 3.97. The second-order valence-corrected chi connectivity index (χ2v) is 7.12. The molecule has 0 bridgehead atoms.